The molecule has 1 heterocycles. The zero-order valence-corrected chi connectivity index (χ0v) is 9.58. The van der Waals surface area contributed by atoms with Crippen molar-refractivity contribution < 1.29 is 9.47 Å². The average molecular weight is 212 g/mol. The van der Waals surface area contributed by atoms with Crippen LogP contribution in [-0.2, 0) is 9.47 Å². The van der Waals surface area contributed by atoms with Crippen LogP contribution in [0.3, 0.4) is 0 Å². The van der Waals surface area contributed by atoms with E-state index in [1.54, 1.807) is 7.11 Å². The Morgan fingerprint density at radius 3 is 2.93 bits per heavy atom. The summed E-state index contributed by atoms with van der Waals surface area (Å²) >= 11 is 0. The summed E-state index contributed by atoms with van der Waals surface area (Å²) in [5.74, 6) is 0. The first-order valence-corrected chi connectivity index (χ1v) is 5.53. The molecule has 15 heavy (non-hydrogen) atoms. The van der Waals surface area contributed by atoms with Crippen molar-refractivity contribution in [1.29, 1.82) is 5.26 Å². The van der Waals surface area contributed by atoms with E-state index in [1.807, 2.05) is 6.92 Å². The predicted molar refractivity (Wildman–Crippen MR) is 57.5 cm³/mol. The van der Waals surface area contributed by atoms with Crippen LogP contribution in [0.1, 0.15) is 26.2 Å². The van der Waals surface area contributed by atoms with Crippen LogP contribution < -0.4 is 5.32 Å². The number of methoxy groups -OCH3 is 1. The summed E-state index contributed by atoms with van der Waals surface area (Å²) in [4.78, 5) is 0. The number of ether oxygens (including phenoxy) is 2. The van der Waals surface area contributed by atoms with Gasteiger partial charge in [0.15, 0.2) is 0 Å². The summed E-state index contributed by atoms with van der Waals surface area (Å²) in [5.41, 5.74) is -0.555. The van der Waals surface area contributed by atoms with Gasteiger partial charge in [-0.15, -0.1) is 0 Å². The van der Waals surface area contributed by atoms with Crippen molar-refractivity contribution in [2.24, 2.45) is 0 Å². The van der Waals surface area contributed by atoms with Crippen LogP contribution in [-0.4, -0.2) is 38.5 Å². The van der Waals surface area contributed by atoms with E-state index in [4.69, 9.17) is 14.7 Å². The fourth-order valence-electron chi connectivity index (χ4n) is 1.79. The predicted octanol–water partition coefficient (Wildman–Crippen LogP) is 1.07. The zero-order chi connectivity index (χ0) is 11.1. The van der Waals surface area contributed by atoms with Crippen LogP contribution in [0.5, 0.6) is 0 Å². The van der Waals surface area contributed by atoms with Crippen LogP contribution in [0.25, 0.3) is 0 Å². The van der Waals surface area contributed by atoms with Crippen LogP contribution in [0, 0.1) is 11.3 Å². The van der Waals surface area contributed by atoms with Crippen molar-refractivity contribution >= 4 is 0 Å². The second-order valence-electron chi connectivity index (χ2n) is 4.00. The SMILES string of the molecule is CCC(C#N)(COC)NCC1CCCO1. The Labute approximate surface area is 91.6 Å². The Bertz CT molecular complexity index is 221. The van der Waals surface area contributed by atoms with Gasteiger partial charge in [0.25, 0.3) is 0 Å². The minimum Gasteiger partial charge on any atom is -0.382 e. The van der Waals surface area contributed by atoms with Crippen molar-refractivity contribution in [3.8, 4) is 6.07 Å². The maximum absolute atomic E-state index is 9.15. The maximum Gasteiger partial charge on any atom is 0.130 e. The molecule has 1 aliphatic heterocycles. The first-order chi connectivity index (χ1) is 7.26. The average Bonchev–Trinajstić information content (AvgIpc) is 2.77. The molecule has 0 aromatic heterocycles. The summed E-state index contributed by atoms with van der Waals surface area (Å²) in [6.45, 7) is 4.00. The molecule has 0 aromatic rings. The summed E-state index contributed by atoms with van der Waals surface area (Å²) < 4.78 is 10.6. The second kappa shape index (κ2) is 6.06. The molecule has 1 aliphatic rings. The highest BCUT2D eigenvalue weighted by molar-refractivity contribution is 5.06. The highest BCUT2D eigenvalue weighted by Crippen LogP contribution is 2.14. The van der Waals surface area contributed by atoms with Gasteiger partial charge in [-0.25, -0.2) is 0 Å². The van der Waals surface area contributed by atoms with Crippen LogP contribution in [0.2, 0.25) is 0 Å². The zero-order valence-electron chi connectivity index (χ0n) is 9.58. The highest BCUT2D eigenvalue weighted by Gasteiger charge is 2.29. The third-order valence-electron chi connectivity index (χ3n) is 2.90. The van der Waals surface area contributed by atoms with E-state index < -0.39 is 5.54 Å². The number of hydrogen-bond acceptors (Lipinski definition) is 4. The molecule has 1 saturated heterocycles. The number of hydrogen-bond donors (Lipinski definition) is 1. The van der Waals surface area contributed by atoms with E-state index in [-0.39, 0.29) is 6.10 Å². The summed E-state index contributed by atoms with van der Waals surface area (Å²) in [6, 6.07) is 2.30. The van der Waals surface area contributed by atoms with Gasteiger partial charge in [-0.05, 0) is 19.3 Å². The fraction of sp³-hybridized carbons (Fsp3) is 0.909. The summed E-state index contributed by atoms with van der Waals surface area (Å²) in [7, 11) is 1.62. The molecule has 0 amide bonds. The van der Waals surface area contributed by atoms with E-state index in [0.29, 0.717) is 6.61 Å². The number of nitrogens with one attached hydrogen (secondary N) is 1. The van der Waals surface area contributed by atoms with E-state index >= 15 is 0 Å². The van der Waals surface area contributed by atoms with Crippen molar-refractivity contribution in [3.63, 3.8) is 0 Å². The minimum absolute atomic E-state index is 0.265. The maximum atomic E-state index is 9.15. The highest BCUT2D eigenvalue weighted by atomic mass is 16.5. The number of nitrogens with zero attached hydrogens (tertiary/aromatic N) is 1. The molecule has 2 atom stereocenters. The van der Waals surface area contributed by atoms with E-state index in [0.717, 1.165) is 32.4 Å². The Balaban J connectivity index is 2.39. The van der Waals surface area contributed by atoms with E-state index in [2.05, 4.69) is 11.4 Å². The number of rotatable bonds is 6. The third kappa shape index (κ3) is 3.45. The quantitative estimate of drug-likeness (QED) is 0.715. The van der Waals surface area contributed by atoms with Gasteiger partial charge in [0.05, 0.1) is 18.8 Å². The molecule has 0 saturated carbocycles. The van der Waals surface area contributed by atoms with Gasteiger partial charge in [-0.2, -0.15) is 5.26 Å². The Hall–Kier alpha value is -0.630. The van der Waals surface area contributed by atoms with E-state index in [1.165, 1.54) is 0 Å². The van der Waals surface area contributed by atoms with Gasteiger partial charge in [0.1, 0.15) is 5.54 Å². The lowest BCUT2D eigenvalue weighted by Gasteiger charge is -2.27. The Morgan fingerprint density at radius 1 is 1.67 bits per heavy atom. The topological polar surface area (TPSA) is 54.3 Å². The first kappa shape index (κ1) is 12.4. The van der Waals surface area contributed by atoms with Gasteiger partial charge in [0.2, 0.25) is 0 Å². The lowest BCUT2D eigenvalue weighted by Crippen LogP contribution is -2.50. The molecular formula is C11H20N2O2. The molecule has 1 rings (SSSR count). The van der Waals surface area contributed by atoms with Gasteiger partial charge in [-0.1, -0.05) is 6.92 Å². The van der Waals surface area contributed by atoms with Crippen LogP contribution in [0.15, 0.2) is 0 Å². The molecule has 0 spiro atoms. The monoisotopic (exact) mass is 212 g/mol. The van der Waals surface area contributed by atoms with Gasteiger partial charge in [-0.3, -0.25) is 5.32 Å². The fourth-order valence-corrected chi connectivity index (χ4v) is 1.79. The molecule has 1 N–H and O–H groups in total. The van der Waals surface area contributed by atoms with Crippen molar-refractivity contribution in [2.45, 2.75) is 37.8 Å². The molecule has 0 aliphatic carbocycles. The first-order valence-electron chi connectivity index (χ1n) is 5.53. The lowest BCUT2D eigenvalue weighted by atomic mass is 9.99. The number of nitriles is 1. The lowest BCUT2D eigenvalue weighted by molar-refractivity contribution is 0.0879. The molecule has 2 unspecified atom stereocenters. The van der Waals surface area contributed by atoms with E-state index in [9.17, 15) is 0 Å². The molecular weight excluding hydrogens is 192 g/mol. The van der Waals surface area contributed by atoms with Crippen molar-refractivity contribution in [1.82, 2.24) is 5.32 Å². The van der Waals surface area contributed by atoms with Gasteiger partial charge < -0.3 is 9.47 Å². The summed E-state index contributed by atoms with van der Waals surface area (Å²) in [5, 5.41) is 12.4. The third-order valence-corrected chi connectivity index (χ3v) is 2.90. The smallest absolute Gasteiger partial charge is 0.130 e. The largest absolute Gasteiger partial charge is 0.382 e. The standard InChI is InChI=1S/C11H20N2O2/c1-3-11(8-12,9-14-2)13-7-10-5-4-6-15-10/h10,13H,3-7,9H2,1-2H3. The second-order valence-corrected chi connectivity index (χ2v) is 4.00. The molecule has 1 fully saturated rings. The molecule has 0 aromatic carbocycles. The molecule has 4 nitrogen and oxygen atoms in total. The Kier molecular flexibility index (Phi) is 5.03. The molecule has 86 valence electrons. The van der Waals surface area contributed by atoms with Crippen LogP contribution >= 0.6 is 0 Å². The van der Waals surface area contributed by atoms with Gasteiger partial charge in [0, 0.05) is 20.3 Å². The normalized spacial score (nSPS) is 24.7. The minimum atomic E-state index is -0.555. The molecule has 0 bridgehead atoms. The van der Waals surface area contributed by atoms with Crippen LogP contribution in [0.4, 0.5) is 0 Å². The summed E-state index contributed by atoms with van der Waals surface area (Å²) in [6.07, 6.45) is 3.22. The molecule has 4 heteroatoms. The Morgan fingerprint density at radius 2 is 2.47 bits per heavy atom. The van der Waals surface area contributed by atoms with Gasteiger partial charge >= 0.3 is 0 Å². The van der Waals surface area contributed by atoms with Crippen molar-refractivity contribution in [3.05, 3.63) is 0 Å². The molecule has 0 radical (unpaired) electrons. The van der Waals surface area contributed by atoms with Crippen molar-refractivity contribution in [2.75, 3.05) is 26.9 Å².